The second kappa shape index (κ2) is 5.38. The lowest BCUT2D eigenvalue weighted by Crippen LogP contribution is -2.23. The molecular weight excluding hydrogens is 224 g/mol. The van der Waals surface area contributed by atoms with Crippen LogP contribution in [0.2, 0.25) is 0 Å². The van der Waals surface area contributed by atoms with Crippen LogP contribution in [0, 0.1) is 6.92 Å². The highest BCUT2D eigenvalue weighted by atomic mass is 16.4. The van der Waals surface area contributed by atoms with Gasteiger partial charge in [-0.3, -0.25) is 0 Å². The third-order valence-electron chi connectivity index (χ3n) is 3.63. The van der Waals surface area contributed by atoms with E-state index in [2.05, 4.69) is 38.1 Å². The molecule has 2 nitrogen and oxygen atoms in total. The summed E-state index contributed by atoms with van der Waals surface area (Å²) in [6, 6.07) is 6.21. The van der Waals surface area contributed by atoms with Crippen molar-refractivity contribution in [1.82, 2.24) is 0 Å². The normalized spacial score (nSPS) is 17.4. The highest BCUT2D eigenvalue weighted by Crippen LogP contribution is 2.41. The van der Waals surface area contributed by atoms with Gasteiger partial charge in [0.15, 0.2) is 0 Å². The number of hydrogen-bond donors (Lipinski definition) is 0. The molecule has 0 aromatic heterocycles. The van der Waals surface area contributed by atoms with Gasteiger partial charge in [0, 0.05) is 11.9 Å². The Kier molecular flexibility index (Phi) is 3.85. The lowest BCUT2D eigenvalue weighted by atomic mass is 9.93. The number of carboxylic acids is 1. The molecule has 96 valence electrons. The quantitative estimate of drug-likeness (QED) is 0.797. The van der Waals surface area contributed by atoms with Gasteiger partial charge in [-0.1, -0.05) is 37.6 Å². The van der Waals surface area contributed by atoms with Crippen molar-refractivity contribution in [3.63, 3.8) is 0 Å². The smallest absolute Gasteiger partial charge is 0.0423 e. The van der Waals surface area contributed by atoms with Crippen LogP contribution in [0.25, 0.3) is 5.57 Å². The lowest BCUT2D eigenvalue weighted by Gasteiger charge is -2.14. The number of aryl methyl sites for hydroxylation is 1. The molecule has 2 heteroatoms. The standard InChI is InChI=1S/C16H20O2/c1-3-4-7-12-9-13(10-15(17)18)16-11(2)6-5-8-14(12)16/h5-6,8-9,13H,3-4,7,10H2,1-2H3,(H,17,18)/p-1. The fourth-order valence-corrected chi connectivity index (χ4v) is 2.79. The Bertz CT molecular complexity index is 486. The molecule has 0 saturated heterocycles. The molecule has 0 bridgehead atoms. The van der Waals surface area contributed by atoms with Gasteiger partial charge < -0.3 is 9.90 Å². The predicted octanol–water partition coefficient (Wildman–Crippen LogP) is 2.81. The summed E-state index contributed by atoms with van der Waals surface area (Å²) in [5.74, 6) is -0.972. The number of carbonyl (C=O) groups is 1. The van der Waals surface area contributed by atoms with E-state index in [0.29, 0.717) is 0 Å². The molecule has 0 fully saturated rings. The number of benzene rings is 1. The molecule has 0 spiro atoms. The zero-order valence-electron chi connectivity index (χ0n) is 11.0. The third-order valence-corrected chi connectivity index (χ3v) is 3.63. The Morgan fingerprint density at radius 1 is 1.39 bits per heavy atom. The molecule has 1 aromatic rings. The first-order chi connectivity index (χ1) is 8.63. The minimum Gasteiger partial charge on any atom is -0.550 e. The average Bonchev–Trinajstić information content (AvgIpc) is 2.65. The van der Waals surface area contributed by atoms with Crippen molar-refractivity contribution in [2.45, 2.75) is 45.4 Å². The molecule has 1 aliphatic rings. The molecule has 0 amide bonds. The molecule has 1 atom stereocenters. The summed E-state index contributed by atoms with van der Waals surface area (Å²) in [6.45, 7) is 4.23. The number of carbonyl (C=O) groups excluding carboxylic acids is 1. The second-order valence-electron chi connectivity index (χ2n) is 5.01. The number of carboxylic acid groups (broad SMARTS) is 1. The van der Waals surface area contributed by atoms with Crippen LogP contribution in [0.1, 0.15) is 55.2 Å². The maximum Gasteiger partial charge on any atom is 0.0423 e. The first-order valence-electron chi connectivity index (χ1n) is 6.64. The predicted molar refractivity (Wildman–Crippen MR) is 71.0 cm³/mol. The summed E-state index contributed by atoms with van der Waals surface area (Å²) in [6.07, 6.45) is 5.56. The molecule has 0 radical (unpaired) electrons. The highest BCUT2D eigenvalue weighted by molar-refractivity contribution is 5.78. The molecular formula is C16H19O2-. The monoisotopic (exact) mass is 243 g/mol. The molecule has 1 aliphatic carbocycles. The van der Waals surface area contributed by atoms with E-state index in [-0.39, 0.29) is 12.3 Å². The summed E-state index contributed by atoms with van der Waals surface area (Å²) >= 11 is 0. The number of fused-ring (bicyclic) bond motifs is 1. The molecule has 2 rings (SSSR count). The van der Waals surface area contributed by atoms with Crippen LogP contribution >= 0.6 is 0 Å². The van der Waals surface area contributed by atoms with Gasteiger partial charge >= 0.3 is 0 Å². The molecule has 18 heavy (non-hydrogen) atoms. The van der Waals surface area contributed by atoms with Gasteiger partial charge in [0.05, 0.1) is 0 Å². The van der Waals surface area contributed by atoms with E-state index in [9.17, 15) is 9.90 Å². The van der Waals surface area contributed by atoms with Crippen LogP contribution in [0.5, 0.6) is 0 Å². The lowest BCUT2D eigenvalue weighted by molar-refractivity contribution is -0.305. The Morgan fingerprint density at radius 3 is 2.83 bits per heavy atom. The summed E-state index contributed by atoms with van der Waals surface area (Å²) in [5.41, 5.74) is 4.92. The topological polar surface area (TPSA) is 40.1 Å². The maximum atomic E-state index is 10.9. The minimum atomic E-state index is -0.970. The Balaban J connectivity index is 2.34. The molecule has 0 N–H and O–H groups in total. The van der Waals surface area contributed by atoms with Gasteiger partial charge in [-0.05, 0) is 48.4 Å². The summed E-state index contributed by atoms with van der Waals surface area (Å²) in [4.78, 5) is 10.9. The van der Waals surface area contributed by atoms with Crippen molar-refractivity contribution in [3.05, 3.63) is 41.0 Å². The fourth-order valence-electron chi connectivity index (χ4n) is 2.79. The first-order valence-corrected chi connectivity index (χ1v) is 6.64. The van der Waals surface area contributed by atoms with Crippen LogP contribution < -0.4 is 5.11 Å². The zero-order valence-corrected chi connectivity index (χ0v) is 11.0. The van der Waals surface area contributed by atoms with Crippen molar-refractivity contribution in [1.29, 1.82) is 0 Å². The summed E-state index contributed by atoms with van der Waals surface area (Å²) in [7, 11) is 0. The number of aliphatic carboxylic acids is 1. The van der Waals surface area contributed by atoms with E-state index >= 15 is 0 Å². The SMILES string of the molecule is CCCCC1=CC(CC(=O)[O-])c2c(C)cccc21. The van der Waals surface area contributed by atoms with Gasteiger partial charge in [0.1, 0.15) is 0 Å². The van der Waals surface area contributed by atoms with Crippen molar-refractivity contribution >= 4 is 11.5 Å². The number of allylic oxidation sites excluding steroid dienone is 2. The largest absolute Gasteiger partial charge is 0.550 e. The molecule has 0 heterocycles. The van der Waals surface area contributed by atoms with E-state index in [1.807, 2.05) is 0 Å². The molecule has 1 aromatic carbocycles. The van der Waals surface area contributed by atoms with Gasteiger partial charge in [0.2, 0.25) is 0 Å². The second-order valence-corrected chi connectivity index (χ2v) is 5.01. The van der Waals surface area contributed by atoms with E-state index in [1.165, 1.54) is 22.3 Å². The Labute approximate surface area is 108 Å². The van der Waals surface area contributed by atoms with Crippen LogP contribution in [-0.4, -0.2) is 5.97 Å². The van der Waals surface area contributed by atoms with Crippen molar-refractivity contribution in [2.75, 3.05) is 0 Å². The number of rotatable bonds is 5. The molecule has 0 aliphatic heterocycles. The fraction of sp³-hybridized carbons (Fsp3) is 0.438. The van der Waals surface area contributed by atoms with Crippen LogP contribution in [-0.2, 0) is 4.79 Å². The van der Waals surface area contributed by atoms with Crippen molar-refractivity contribution in [2.24, 2.45) is 0 Å². The van der Waals surface area contributed by atoms with Gasteiger partial charge in [-0.15, -0.1) is 0 Å². The van der Waals surface area contributed by atoms with Crippen molar-refractivity contribution < 1.29 is 9.90 Å². The third kappa shape index (κ3) is 2.47. The van der Waals surface area contributed by atoms with Crippen LogP contribution in [0.4, 0.5) is 0 Å². The van der Waals surface area contributed by atoms with E-state index in [4.69, 9.17) is 0 Å². The summed E-state index contributed by atoms with van der Waals surface area (Å²) in [5, 5.41) is 10.9. The van der Waals surface area contributed by atoms with Crippen molar-refractivity contribution in [3.8, 4) is 0 Å². The first kappa shape index (κ1) is 12.9. The molecule has 0 saturated carbocycles. The maximum absolute atomic E-state index is 10.9. The number of unbranched alkanes of at least 4 members (excludes halogenated alkanes) is 1. The van der Waals surface area contributed by atoms with Gasteiger partial charge in [0.25, 0.3) is 0 Å². The van der Waals surface area contributed by atoms with E-state index < -0.39 is 5.97 Å². The average molecular weight is 243 g/mol. The Hall–Kier alpha value is -1.57. The highest BCUT2D eigenvalue weighted by Gasteiger charge is 2.24. The summed E-state index contributed by atoms with van der Waals surface area (Å²) < 4.78 is 0. The van der Waals surface area contributed by atoms with E-state index in [1.54, 1.807) is 0 Å². The Morgan fingerprint density at radius 2 is 2.17 bits per heavy atom. The van der Waals surface area contributed by atoms with Crippen LogP contribution in [0.3, 0.4) is 0 Å². The molecule has 1 unspecified atom stereocenters. The number of hydrogen-bond acceptors (Lipinski definition) is 2. The van der Waals surface area contributed by atoms with Gasteiger partial charge in [-0.25, -0.2) is 0 Å². The zero-order chi connectivity index (χ0) is 13.1. The van der Waals surface area contributed by atoms with Crippen LogP contribution in [0.15, 0.2) is 24.3 Å². The van der Waals surface area contributed by atoms with Gasteiger partial charge in [-0.2, -0.15) is 0 Å². The van der Waals surface area contributed by atoms with E-state index in [0.717, 1.165) is 19.3 Å². The minimum absolute atomic E-state index is 0.00180.